The van der Waals surface area contributed by atoms with Gasteiger partial charge in [-0.1, -0.05) is 18.2 Å². The van der Waals surface area contributed by atoms with E-state index in [0.717, 1.165) is 35.0 Å². The summed E-state index contributed by atoms with van der Waals surface area (Å²) in [6, 6.07) is 7.67. The van der Waals surface area contributed by atoms with E-state index in [1.54, 1.807) is 23.5 Å². The van der Waals surface area contributed by atoms with Crippen molar-refractivity contribution in [2.45, 2.75) is 20.0 Å². The molecule has 1 heterocycles. The topological polar surface area (TPSA) is 54.5 Å². The van der Waals surface area contributed by atoms with Crippen molar-refractivity contribution in [3.05, 3.63) is 52.0 Å². The first kappa shape index (κ1) is 19.1. The van der Waals surface area contributed by atoms with Gasteiger partial charge in [-0.15, -0.1) is 11.3 Å². The number of benzene rings is 1. The quantitative estimate of drug-likeness (QED) is 0.552. The Morgan fingerprint density at radius 3 is 2.88 bits per heavy atom. The van der Waals surface area contributed by atoms with Crippen LogP contribution in [0.15, 0.2) is 35.7 Å². The van der Waals surface area contributed by atoms with E-state index in [9.17, 15) is 4.79 Å². The van der Waals surface area contributed by atoms with E-state index in [4.69, 9.17) is 4.74 Å². The number of rotatable bonds is 9. The maximum absolute atomic E-state index is 11.9. The Morgan fingerprint density at radius 2 is 2.16 bits per heavy atom. The van der Waals surface area contributed by atoms with Gasteiger partial charge in [-0.2, -0.15) is 0 Å². The normalized spacial score (nSPS) is 11.2. The minimum atomic E-state index is -0.0938. The van der Waals surface area contributed by atoms with E-state index in [0.29, 0.717) is 13.2 Å². The molecular weight excluding hydrogens is 334 g/mol. The highest BCUT2D eigenvalue weighted by Crippen LogP contribution is 2.21. The van der Waals surface area contributed by atoms with Gasteiger partial charge in [-0.25, -0.2) is 4.98 Å². The van der Waals surface area contributed by atoms with Gasteiger partial charge >= 0.3 is 0 Å². The van der Waals surface area contributed by atoms with Gasteiger partial charge in [0.15, 0.2) is 0 Å². The molecule has 0 spiro atoms. The molecular formula is C19H25N3O2S. The van der Waals surface area contributed by atoms with Crippen LogP contribution in [0.2, 0.25) is 0 Å². The van der Waals surface area contributed by atoms with Crippen molar-refractivity contribution in [1.29, 1.82) is 0 Å². The van der Waals surface area contributed by atoms with Gasteiger partial charge in [0.05, 0.1) is 10.7 Å². The third-order valence-corrected chi connectivity index (χ3v) is 4.28. The summed E-state index contributed by atoms with van der Waals surface area (Å²) in [6.45, 7) is 4.02. The summed E-state index contributed by atoms with van der Waals surface area (Å²) in [5.74, 6) is 0.647. The van der Waals surface area contributed by atoms with Crippen LogP contribution in [0.3, 0.4) is 0 Å². The second-order valence-corrected chi connectivity index (χ2v) is 7.03. The lowest BCUT2D eigenvalue weighted by atomic mass is 10.2. The maximum atomic E-state index is 11.9. The van der Waals surface area contributed by atoms with Gasteiger partial charge < -0.3 is 15.0 Å². The van der Waals surface area contributed by atoms with Crippen molar-refractivity contribution in [2.75, 3.05) is 27.2 Å². The van der Waals surface area contributed by atoms with Crippen molar-refractivity contribution in [1.82, 2.24) is 15.2 Å². The minimum absolute atomic E-state index is 0.0938. The molecule has 0 bridgehead atoms. The second kappa shape index (κ2) is 9.96. The molecule has 1 aromatic heterocycles. The van der Waals surface area contributed by atoms with Crippen LogP contribution in [-0.2, 0) is 11.4 Å². The number of ether oxygens (including phenoxy) is 1. The number of carbonyl (C=O) groups excluding carboxylic acids is 1. The lowest BCUT2D eigenvalue weighted by Crippen LogP contribution is -2.25. The fourth-order valence-corrected chi connectivity index (χ4v) is 2.80. The molecule has 2 aromatic rings. The second-order valence-electron chi connectivity index (χ2n) is 5.97. The molecule has 25 heavy (non-hydrogen) atoms. The molecule has 6 heteroatoms. The van der Waals surface area contributed by atoms with E-state index >= 15 is 0 Å². The van der Waals surface area contributed by atoms with Crippen LogP contribution in [-0.4, -0.2) is 43.0 Å². The number of aryl methyl sites for hydroxylation is 1. The predicted molar refractivity (Wildman–Crippen MR) is 103 cm³/mol. The van der Waals surface area contributed by atoms with Gasteiger partial charge in [0.1, 0.15) is 12.4 Å². The molecule has 0 atom stereocenters. The van der Waals surface area contributed by atoms with E-state index in [1.165, 1.54) is 0 Å². The highest BCUT2D eigenvalue weighted by molar-refractivity contribution is 7.09. The SMILES string of the molecule is Cc1nc(COc2ccccc2/C=C/C(=O)NCCCN(C)C)cs1. The summed E-state index contributed by atoms with van der Waals surface area (Å²) in [5, 5.41) is 5.91. The third-order valence-electron chi connectivity index (χ3n) is 3.46. The number of hydrogen-bond donors (Lipinski definition) is 1. The summed E-state index contributed by atoms with van der Waals surface area (Å²) in [4.78, 5) is 18.4. The van der Waals surface area contributed by atoms with Gasteiger partial charge in [-0.05, 0) is 46.1 Å². The fourth-order valence-electron chi connectivity index (χ4n) is 2.21. The molecule has 1 N–H and O–H groups in total. The predicted octanol–water partition coefficient (Wildman–Crippen LogP) is 3.11. The van der Waals surface area contributed by atoms with E-state index < -0.39 is 0 Å². The van der Waals surface area contributed by atoms with Crippen molar-refractivity contribution in [3.8, 4) is 5.75 Å². The summed E-state index contributed by atoms with van der Waals surface area (Å²) in [7, 11) is 4.04. The summed E-state index contributed by atoms with van der Waals surface area (Å²) >= 11 is 1.61. The van der Waals surface area contributed by atoms with Gasteiger partial charge in [0.2, 0.25) is 5.91 Å². The average molecular weight is 359 g/mol. The minimum Gasteiger partial charge on any atom is -0.487 e. The first-order chi connectivity index (χ1) is 12.0. The van der Waals surface area contributed by atoms with E-state index in [-0.39, 0.29) is 5.91 Å². The molecule has 0 aliphatic rings. The van der Waals surface area contributed by atoms with Crippen LogP contribution in [0.25, 0.3) is 6.08 Å². The highest BCUT2D eigenvalue weighted by Gasteiger charge is 2.04. The summed E-state index contributed by atoms with van der Waals surface area (Å²) in [6.07, 6.45) is 4.26. The lowest BCUT2D eigenvalue weighted by Gasteiger charge is -2.09. The average Bonchev–Trinajstić information content (AvgIpc) is 3.01. The van der Waals surface area contributed by atoms with Crippen molar-refractivity contribution in [3.63, 3.8) is 0 Å². The molecule has 0 aliphatic carbocycles. The molecule has 5 nitrogen and oxygen atoms in total. The molecule has 0 aliphatic heterocycles. The number of amides is 1. The Labute approximate surface area is 153 Å². The molecule has 2 rings (SSSR count). The molecule has 1 amide bonds. The summed E-state index contributed by atoms with van der Waals surface area (Å²) < 4.78 is 5.85. The first-order valence-electron chi connectivity index (χ1n) is 8.28. The van der Waals surface area contributed by atoms with Gasteiger partial charge in [0.25, 0.3) is 0 Å². The van der Waals surface area contributed by atoms with Crippen LogP contribution in [0, 0.1) is 6.92 Å². The first-order valence-corrected chi connectivity index (χ1v) is 9.16. The van der Waals surface area contributed by atoms with Crippen molar-refractivity contribution < 1.29 is 9.53 Å². The Hall–Kier alpha value is -2.18. The number of carbonyl (C=O) groups is 1. The largest absolute Gasteiger partial charge is 0.487 e. The standard InChI is InChI=1S/C19H25N3O2S/c1-15-21-17(14-25-15)13-24-18-8-5-4-7-16(18)9-10-19(23)20-11-6-12-22(2)3/h4-5,7-10,14H,6,11-13H2,1-3H3,(H,20,23)/b10-9+. The van der Waals surface area contributed by atoms with Gasteiger partial charge in [-0.3, -0.25) is 4.79 Å². The summed E-state index contributed by atoms with van der Waals surface area (Å²) in [5.41, 5.74) is 1.79. The molecule has 0 saturated heterocycles. The van der Waals surface area contributed by atoms with E-state index in [2.05, 4.69) is 15.2 Å². The Bertz CT molecular complexity index is 710. The molecule has 0 radical (unpaired) electrons. The Morgan fingerprint density at radius 1 is 1.36 bits per heavy atom. The van der Waals surface area contributed by atoms with Crippen molar-refractivity contribution in [2.24, 2.45) is 0 Å². The van der Waals surface area contributed by atoms with Crippen molar-refractivity contribution >= 4 is 23.3 Å². The van der Waals surface area contributed by atoms with Crippen LogP contribution in [0.1, 0.15) is 22.7 Å². The lowest BCUT2D eigenvalue weighted by molar-refractivity contribution is -0.116. The zero-order valence-corrected chi connectivity index (χ0v) is 15.8. The number of nitrogens with one attached hydrogen (secondary N) is 1. The number of aromatic nitrogens is 1. The highest BCUT2D eigenvalue weighted by atomic mass is 32.1. The molecule has 0 fully saturated rings. The third kappa shape index (κ3) is 7.07. The number of para-hydroxylation sites is 1. The number of nitrogens with zero attached hydrogens (tertiary/aromatic N) is 2. The Balaban J connectivity index is 1.87. The van der Waals surface area contributed by atoms with E-state index in [1.807, 2.05) is 50.7 Å². The number of thiazole rings is 1. The zero-order valence-electron chi connectivity index (χ0n) is 15.0. The number of hydrogen-bond acceptors (Lipinski definition) is 5. The molecule has 0 unspecified atom stereocenters. The monoisotopic (exact) mass is 359 g/mol. The maximum Gasteiger partial charge on any atom is 0.244 e. The van der Waals surface area contributed by atoms with Crippen LogP contribution >= 0.6 is 11.3 Å². The van der Waals surface area contributed by atoms with Gasteiger partial charge in [0, 0.05) is 23.6 Å². The van der Waals surface area contributed by atoms with Crippen LogP contribution in [0.4, 0.5) is 0 Å². The fraction of sp³-hybridized carbons (Fsp3) is 0.368. The van der Waals surface area contributed by atoms with Crippen LogP contribution in [0.5, 0.6) is 5.75 Å². The zero-order chi connectivity index (χ0) is 18.1. The molecule has 1 aromatic carbocycles. The molecule has 0 saturated carbocycles. The van der Waals surface area contributed by atoms with Crippen LogP contribution < -0.4 is 10.1 Å². The smallest absolute Gasteiger partial charge is 0.244 e. The molecule has 134 valence electrons. The Kier molecular flexibility index (Phi) is 7.63.